The van der Waals surface area contributed by atoms with Crippen molar-refractivity contribution in [3.63, 3.8) is 0 Å². The highest BCUT2D eigenvalue weighted by molar-refractivity contribution is 6.31. The number of anilines is 1. The summed E-state index contributed by atoms with van der Waals surface area (Å²) in [4.78, 5) is 24.5. The minimum absolute atomic E-state index is 0.249. The van der Waals surface area contributed by atoms with Crippen LogP contribution in [0.2, 0.25) is 5.02 Å². The summed E-state index contributed by atoms with van der Waals surface area (Å²) < 4.78 is 16.0. The zero-order valence-electron chi connectivity index (χ0n) is 17.2. The van der Waals surface area contributed by atoms with E-state index in [1.165, 1.54) is 14.0 Å². The topological polar surface area (TPSA) is 73.9 Å². The van der Waals surface area contributed by atoms with E-state index in [0.29, 0.717) is 22.2 Å². The Hall–Kier alpha value is -2.73. The van der Waals surface area contributed by atoms with Crippen LogP contribution in [0.4, 0.5) is 5.69 Å². The lowest BCUT2D eigenvalue weighted by Crippen LogP contribution is -2.31. The van der Waals surface area contributed by atoms with Crippen molar-refractivity contribution in [3.05, 3.63) is 52.5 Å². The van der Waals surface area contributed by atoms with E-state index in [2.05, 4.69) is 5.32 Å². The van der Waals surface area contributed by atoms with E-state index in [9.17, 15) is 9.59 Å². The molecule has 1 N–H and O–H groups in total. The summed E-state index contributed by atoms with van der Waals surface area (Å²) in [6.07, 6.45) is -1.02. The number of methoxy groups -OCH3 is 1. The Morgan fingerprint density at radius 2 is 1.79 bits per heavy atom. The van der Waals surface area contributed by atoms with E-state index in [1.807, 2.05) is 39.0 Å². The van der Waals surface area contributed by atoms with Gasteiger partial charge >= 0.3 is 5.97 Å². The van der Waals surface area contributed by atoms with Crippen molar-refractivity contribution in [3.8, 4) is 11.5 Å². The molecule has 1 atom stereocenters. The number of nitrogens with one attached hydrogen (secondary N) is 1. The van der Waals surface area contributed by atoms with Gasteiger partial charge in [-0.3, -0.25) is 4.79 Å². The zero-order valence-corrected chi connectivity index (χ0v) is 18.0. The van der Waals surface area contributed by atoms with Gasteiger partial charge in [0, 0.05) is 5.02 Å². The van der Waals surface area contributed by atoms with E-state index < -0.39 is 18.0 Å². The smallest absolute Gasteiger partial charge is 0.344 e. The van der Waals surface area contributed by atoms with Gasteiger partial charge in [0.2, 0.25) is 0 Å². The fourth-order valence-corrected chi connectivity index (χ4v) is 2.85. The van der Waals surface area contributed by atoms with E-state index in [0.717, 1.165) is 11.1 Å². The van der Waals surface area contributed by atoms with Crippen molar-refractivity contribution in [1.29, 1.82) is 0 Å². The van der Waals surface area contributed by atoms with E-state index in [4.69, 9.17) is 25.8 Å². The number of halogens is 1. The second-order valence-electron chi connectivity index (χ2n) is 6.95. The van der Waals surface area contributed by atoms with Crippen LogP contribution in [0.25, 0.3) is 0 Å². The SMILES string of the molecule is COc1ccc(Cl)cc1NC(=O)[C@@H](C)OC(=O)COc1cc(C)ccc1C(C)C. The Kier molecular flexibility index (Phi) is 7.91. The number of benzene rings is 2. The first-order valence-electron chi connectivity index (χ1n) is 9.28. The maximum Gasteiger partial charge on any atom is 0.344 e. The molecule has 0 radical (unpaired) electrons. The third kappa shape index (κ3) is 6.39. The molecule has 6 nitrogen and oxygen atoms in total. The number of hydrogen-bond donors (Lipinski definition) is 1. The van der Waals surface area contributed by atoms with Gasteiger partial charge in [-0.2, -0.15) is 0 Å². The number of esters is 1. The normalized spacial score (nSPS) is 11.7. The fraction of sp³-hybridized carbons (Fsp3) is 0.364. The first kappa shape index (κ1) is 22.6. The highest BCUT2D eigenvalue weighted by Gasteiger charge is 2.20. The molecule has 2 aromatic carbocycles. The molecule has 0 heterocycles. The Bertz CT molecular complexity index is 882. The van der Waals surface area contributed by atoms with Crippen LogP contribution in [0, 0.1) is 6.92 Å². The van der Waals surface area contributed by atoms with Crippen molar-refractivity contribution in [2.75, 3.05) is 19.0 Å². The van der Waals surface area contributed by atoms with Gasteiger partial charge in [-0.1, -0.05) is 37.6 Å². The maximum absolute atomic E-state index is 12.4. The molecule has 0 spiro atoms. The van der Waals surface area contributed by atoms with Crippen LogP contribution in [0.1, 0.15) is 37.8 Å². The quantitative estimate of drug-likeness (QED) is 0.626. The Morgan fingerprint density at radius 1 is 1.07 bits per heavy atom. The molecule has 1 amide bonds. The third-order valence-corrected chi connectivity index (χ3v) is 4.47. The molecular formula is C22H26ClNO5. The first-order chi connectivity index (χ1) is 13.7. The molecule has 0 aliphatic heterocycles. The summed E-state index contributed by atoms with van der Waals surface area (Å²) in [6.45, 7) is 7.24. The number of rotatable bonds is 8. The zero-order chi connectivity index (χ0) is 21.6. The van der Waals surface area contributed by atoms with Gasteiger partial charge < -0.3 is 19.5 Å². The van der Waals surface area contributed by atoms with Gasteiger partial charge in [0.15, 0.2) is 12.7 Å². The van der Waals surface area contributed by atoms with Crippen LogP contribution in [0.3, 0.4) is 0 Å². The Balaban J connectivity index is 1.95. The molecule has 2 rings (SSSR count). The lowest BCUT2D eigenvalue weighted by Gasteiger charge is -2.17. The van der Waals surface area contributed by atoms with Crippen molar-refractivity contribution in [2.24, 2.45) is 0 Å². The molecule has 0 fully saturated rings. The largest absolute Gasteiger partial charge is 0.495 e. The highest BCUT2D eigenvalue weighted by atomic mass is 35.5. The van der Waals surface area contributed by atoms with E-state index in [1.54, 1.807) is 18.2 Å². The summed E-state index contributed by atoms with van der Waals surface area (Å²) in [6, 6.07) is 10.7. The van der Waals surface area contributed by atoms with E-state index >= 15 is 0 Å². The van der Waals surface area contributed by atoms with Crippen molar-refractivity contribution in [2.45, 2.75) is 39.7 Å². The van der Waals surface area contributed by atoms with Gasteiger partial charge in [0.1, 0.15) is 11.5 Å². The second kappa shape index (κ2) is 10.2. The third-order valence-electron chi connectivity index (χ3n) is 4.23. The molecule has 0 bridgehead atoms. The van der Waals surface area contributed by atoms with Gasteiger partial charge in [-0.05, 0) is 55.2 Å². The minimum atomic E-state index is -1.02. The molecule has 0 saturated carbocycles. The summed E-state index contributed by atoms with van der Waals surface area (Å²) in [5.74, 6) is 0.196. The lowest BCUT2D eigenvalue weighted by atomic mass is 10.0. The van der Waals surface area contributed by atoms with Crippen molar-refractivity contribution in [1.82, 2.24) is 0 Å². The summed E-state index contributed by atoms with van der Waals surface area (Å²) in [5, 5.41) is 3.09. The van der Waals surface area contributed by atoms with Crippen molar-refractivity contribution >= 4 is 29.2 Å². The predicted molar refractivity (Wildman–Crippen MR) is 113 cm³/mol. The van der Waals surface area contributed by atoms with Crippen LogP contribution in [0.15, 0.2) is 36.4 Å². The highest BCUT2D eigenvalue weighted by Crippen LogP contribution is 2.28. The first-order valence-corrected chi connectivity index (χ1v) is 9.66. The van der Waals surface area contributed by atoms with Crippen LogP contribution in [-0.4, -0.2) is 31.7 Å². The van der Waals surface area contributed by atoms with E-state index in [-0.39, 0.29) is 12.5 Å². The van der Waals surface area contributed by atoms with Crippen LogP contribution in [0.5, 0.6) is 11.5 Å². The van der Waals surface area contributed by atoms with Gasteiger partial charge in [0.25, 0.3) is 5.91 Å². The average molecular weight is 420 g/mol. The molecule has 0 saturated heterocycles. The summed E-state index contributed by atoms with van der Waals surface area (Å²) in [7, 11) is 1.48. The number of carbonyl (C=O) groups is 2. The van der Waals surface area contributed by atoms with Gasteiger partial charge in [-0.15, -0.1) is 0 Å². The minimum Gasteiger partial charge on any atom is -0.495 e. The predicted octanol–water partition coefficient (Wildman–Crippen LogP) is 4.73. The monoisotopic (exact) mass is 419 g/mol. The average Bonchev–Trinajstić information content (AvgIpc) is 2.66. The number of ether oxygens (including phenoxy) is 3. The lowest BCUT2D eigenvalue weighted by molar-refractivity contribution is -0.155. The number of aryl methyl sites for hydroxylation is 1. The Labute approximate surface area is 176 Å². The molecule has 7 heteroatoms. The van der Waals surface area contributed by atoms with Crippen LogP contribution in [-0.2, 0) is 14.3 Å². The number of hydrogen-bond acceptors (Lipinski definition) is 5. The van der Waals surface area contributed by atoms with Crippen LogP contribution < -0.4 is 14.8 Å². The maximum atomic E-state index is 12.4. The van der Waals surface area contributed by atoms with Gasteiger partial charge in [-0.25, -0.2) is 4.79 Å². The molecule has 2 aromatic rings. The summed E-state index contributed by atoms with van der Waals surface area (Å²) in [5.41, 5.74) is 2.42. The van der Waals surface area contributed by atoms with Crippen LogP contribution >= 0.6 is 11.6 Å². The molecule has 0 aliphatic carbocycles. The molecule has 0 aliphatic rings. The Morgan fingerprint density at radius 3 is 2.45 bits per heavy atom. The molecule has 0 unspecified atom stereocenters. The summed E-state index contributed by atoms with van der Waals surface area (Å²) >= 11 is 5.96. The molecule has 156 valence electrons. The number of amides is 1. The second-order valence-corrected chi connectivity index (χ2v) is 7.39. The van der Waals surface area contributed by atoms with Gasteiger partial charge in [0.05, 0.1) is 12.8 Å². The molecule has 0 aromatic heterocycles. The van der Waals surface area contributed by atoms with Crippen molar-refractivity contribution < 1.29 is 23.8 Å². The fourth-order valence-electron chi connectivity index (χ4n) is 2.68. The standard InChI is InChI=1S/C22H26ClNO5/c1-13(2)17-8-6-14(3)10-20(17)28-12-21(25)29-15(4)22(26)24-18-11-16(23)7-9-19(18)27-5/h6-11,13,15H,12H2,1-5H3,(H,24,26)/t15-/m1/s1. The number of carbonyl (C=O) groups excluding carboxylic acids is 2. The molecule has 29 heavy (non-hydrogen) atoms. The molecular weight excluding hydrogens is 394 g/mol.